The van der Waals surface area contributed by atoms with Gasteiger partial charge in [0.1, 0.15) is 0 Å². The van der Waals surface area contributed by atoms with Crippen molar-refractivity contribution in [2.24, 2.45) is 5.92 Å². The predicted molar refractivity (Wildman–Crippen MR) is 54.3 cm³/mol. The third-order valence-electron chi connectivity index (χ3n) is 2.13. The molecule has 0 aromatic carbocycles. The zero-order valence-electron chi connectivity index (χ0n) is 8.58. The number of nitrogens with one attached hydrogen (secondary N) is 1. The molecule has 0 saturated carbocycles. The molecule has 0 aliphatic carbocycles. The first-order valence-electron chi connectivity index (χ1n) is 4.55. The molecule has 0 spiro atoms. The molecular formula is C9H15FN4. The summed E-state index contributed by atoms with van der Waals surface area (Å²) in [7, 11) is 0. The van der Waals surface area contributed by atoms with E-state index in [4.69, 9.17) is 5.73 Å². The zero-order valence-corrected chi connectivity index (χ0v) is 8.58. The number of nitrogens with two attached hydrogens (primary N) is 1. The van der Waals surface area contributed by atoms with E-state index in [0.29, 0.717) is 5.92 Å². The number of nitrogens with zero attached hydrogens (tertiary/aromatic N) is 2. The second-order valence-corrected chi connectivity index (χ2v) is 3.60. The van der Waals surface area contributed by atoms with Gasteiger partial charge in [-0.2, -0.15) is 4.98 Å². The van der Waals surface area contributed by atoms with Crippen LogP contribution in [0.1, 0.15) is 20.8 Å². The quantitative estimate of drug-likeness (QED) is 0.775. The predicted octanol–water partition coefficient (Wildman–Crippen LogP) is 1.65. The number of hydrogen-bond donors (Lipinski definition) is 2. The molecule has 1 atom stereocenters. The first-order chi connectivity index (χ1) is 6.50. The average molecular weight is 198 g/mol. The Morgan fingerprint density at radius 2 is 2.07 bits per heavy atom. The fourth-order valence-corrected chi connectivity index (χ4v) is 0.864. The summed E-state index contributed by atoms with van der Waals surface area (Å²) < 4.78 is 13.2. The van der Waals surface area contributed by atoms with Gasteiger partial charge in [-0.25, -0.2) is 9.37 Å². The minimum absolute atomic E-state index is 0.0739. The lowest BCUT2D eigenvalue weighted by Crippen LogP contribution is -2.23. The van der Waals surface area contributed by atoms with Crippen molar-refractivity contribution in [3.05, 3.63) is 12.0 Å². The van der Waals surface area contributed by atoms with Crippen molar-refractivity contribution in [1.82, 2.24) is 9.97 Å². The highest BCUT2D eigenvalue weighted by Crippen LogP contribution is 2.14. The van der Waals surface area contributed by atoms with Crippen LogP contribution in [-0.4, -0.2) is 16.0 Å². The van der Waals surface area contributed by atoms with Crippen LogP contribution in [0.5, 0.6) is 0 Å². The molecule has 0 fully saturated rings. The van der Waals surface area contributed by atoms with Crippen molar-refractivity contribution in [3.8, 4) is 0 Å². The summed E-state index contributed by atoms with van der Waals surface area (Å²) in [4.78, 5) is 7.32. The summed E-state index contributed by atoms with van der Waals surface area (Å²) in [6.45, 7) is 6.04. The maximum atomic E-state index is 13.2. The molecule has 1 heterocycles. The minimum Gasteiger partial charge on any atom is -0.368 e. The van der Waals surface area contributed by atoms with Gasteiger partial charge in [0.05, 0.1) is 6.20 Å². The van der Waals surface area contributed by atoms with Crippen LogP contribution in [0.25, 0.3) is 0 Å². The molecule has 0 bridgehead atoms. The van der Waals surface area contributed by atoms with Crippen molar-refractivity contribution in [2.45, 2.75) is 26.8 Å². The molecule has 14 heavy (non-hydrogen) atoms. The van der Waals surface area contributed by atoms with Gasteiger partial charge < -0.3 is 11.1 Å². The SMILES string of the molecule is CC(C)C(C)Nc1nc(N)ncc1F. The van der Waals surface area contributed by atoms with Crippen LogP contribution in [-0.2, 0) is 0 Å². The standard InChI is InChI=1S/C9H15FN4/c1-5(2)6(3)13-8-7(10)4-12-9(11)14-8/h4-6H,1-3H3,(H3,11,12,13,14). The van der Waals surface area contributed by atoms with E-state index >= 15 is 0 Å². The van der Waals surface area contributed by atoms with Crippen molar-refractivity contribution in [2.75, 3.05) is 11.1 Å². The maximum absolute atomic E-state index is 13.2. The fourth-order valence-electron chi connectivity index (χ4n) is 0.864. The van der Waals surface area contributed by atoms with Crippen LogP contribution in [0.15, 0.2) is 6.20 Å². The van der Waals surface area contributed by atoms with Crippen molar-refractivity contribution in [3.63, 3.8) is 0 Å². The maximum Gasteiger partial charge on any atom is 0.222 e. The highest BCUT2D eigenvalue weighted by Gasteiger charge is 2.11. The minimum atomic E-state index is -0.480. The van der Waals surface area contributed by atoms with Gasteiger partial charge in [0.2, 0.25) is 5.95 Å². The highest BCUT2D eigenvalue weighted by molar-refractivity contribution is 5.39. The highest BCUT2D eigenvalue weighted by atomic mass is 19.1. The Morgan fingerprint density at radius 1 is 1.43 bits per heavy atom. The smallest absolute Gasteiger partial charge is 0.222 e. The van der Waals surface area contributed by atoms with Crippen LogP contribution in [0, 0.1) is 11.7 Å². The summed E-state index contributed by atoms with van der Waals surface area (Å²) >= 11 is 0. The summed E-state index contributed by atoms with van der Waals surface area (Å²) in [6, 6.07) is 0.138. The number of anilines is 2. The molecule has 78 valence electrons. The zero-order chi connectivity index (χ0) is 10.7. The largest absolute Gasteiger partial charge is 0.368 e. The summed E-state index contributed by atoms with van der Waals surface area (Å²) in [5.41, 5.74) is 5.35. The number of nitrogen functional groups attached to an aromatic ring is 1. The van der Waals surface area contributed by atoms with E-state index in [1.807, 2.05) is 20.8 Å². The topological polar surface area (TPSA) is 63.8 Å². The second-order valence-electron chi connectivity index (χ2n) is 3.60. The molecule has 1 aromatic rings. The Hall–Kier alpha value is -1.39. The van der Waals surface area contributed by atoms with E-state index in [1.54, 1.807) is 0 Å². The van der Waals surface area contributed by atoms with Crippen LogP contribution in [0.4, 0.5) is 16.2 Å². The van der Waals surface area contributed by atoms with Gasteiger partial charge in [0.15, 0.2) is 11.6 Å². The van der Waals surface area contributed by atoms with E-state index in [-0.39, 0.29) is 17.8 Å². The Bertz CT molecular complexity index is 314. The molecule has 0 aliphatic heterocycles. The van der Waals surface area contributed by atoms with E-state index in [9.17, 15) is 4.39 Å². The molecule has 0 radical (unpaired) electrons. The van der Waals surface area contributed by atoms with Gasteiger partial charge >= 0.3 is 0 Å². The summed E-state index contributed by atoms with van der Waals surface area (Å²) in [5, 5.41) is 2.94. The van der Waals surface area contributed by atoms with Crippen LogP contribution in [0.3, 0.4) is 0 Å². The number of halogens is 1. The third kappa shape index (κ3) is 2.55. The molecule has 0 saturated heterocycles. The van der Waals surface area contributed by atoms with Gasteiger partial charge in [-0.05, 0) is 12.8 Å². The second kappa shape index (κ2) is 4.21. The van der Waals surface area contributed by atoms with E-state index in [1.165, 1.54) is 0 Å². The first-order valence-corrected chi connectivity index (χ1v) is 4.55. The van der Waals surface area contributed by atoms with Gasteiger partial charge in [0, 0.05) is 6.04 Å². The molecule has 3 N–H and O–H groups in total. The van der Waals surface area contributed by atoms with Gasteiger partial charge in [-0.1, -0.05) is 13.8 Å². The molecule has 1 unspecified atom stereocenters. The normalized spacial score (nSPS) is 12.9. The van der Waals surface area contributed by atoms with Crippen molar-refractivity contribution in [1.29, 1.82) is 0 Å². The number of rotatable bonds is 3. The van der Waals surface area contributed by atoms with Crippen LogP contribution >= 0.6 is 0 Å². The summed E-state index contributed by atoms with van der Waals surface area (Å²) in [5.74, 6) is 0.154. The first kappa shape index (κ1) is 10.7. The molecular weight excluding hydrogens is 183 g/mol. The van der Waals surface area contributed by atoms with Gasteiger partial charge in [0.25, 0.3) is 0 Å². The van der Waals surface area contributed by atoms with E-state index in [0.717, 1.165) is 6.20 Å². The van der Waals surface area contributed by atoms with Crippen molar-refractivity contribution >= 4 is 11.8 Å². The third-order valence-corrected chi connectivity index (χ3v) is 2.13. The van der Waals surface area contributed by atoms with E-state index < -0.39 is 5.82 Å². The lowest BCUT2D eigenvalue weighted by atomic mass is 10.1. The average Bonchev–Trinajstić information content (AvgIpc) is 2.11. The van der Waals surface area contributed by atoms with Gasteiger partial charge in [-0.3, -0.25) is 0 Å². The fraction of sp³-hybridized carbons (Fsp3) is 0.556. The lowest BCUT2D eigenvalue weighted by molar-refractivity contribution is 0.548. The van der Waals surface area contributed by atoms with Gasteiger partial charge in [-0.15, -0.1) is 0 Å². The molecule has 1 aromatic heterocycles. The molecule has 0 amide bonds. The Kier molecular flexibility index (Phi) is 3.22. The van der Waals surface area contributed by atoms with Crippen molar-refractivity contribution < 1.29 is 4.39 Å². The molecule has 0 aliphatic rings. The van der Waals surface area contributed by atoms with Crippen LogP contribution in [0.2, 0.25) is 0 Å². The Morgan fingerprint density at radius 3 is 2.64 bits per heavy atom. The molecule has 4 nitrogen and oxygen atoms in total. The summed E-state index contributed by atoms with van der Waals surface area (Å²) in [6.07, 6.45) is 1.07. The Balaban J connectivity index is 2.80. The molecule has 5 heteroatoms. The van der Waals surface area contributed by atoms with E-state index in [2.05, 4.69) is 15.3 Å². The lowest BCUT2D eigenvalue weighted by Gasteiger charge is -2.18. The molecule has 1 rings (SSSR count). The van der Waals surface area contributed by atoms with Crippen LogP contribution < -0.4 is 11.1 Å². The number of hydrogen-bond acceptors (Lipinski definition) is 4. The Labute approximate surface area is 82.8 Å². The number of aromatic nitrogens is 2. The monoisotopic (exact) mass is 198 g/mol.